The predicted octanol–water partition coefficient (Wildman–Crippen LogP) is 0.993. The topological polar surface area (TPSA) is 127 Å². The summed E-state index contributed by atoms with van der Waals surface area (Å²) in [5.74, 6) is -1.88. The quantitative estimate of drug-likeness (QED) is 0.591. The van der Waals surface area contributed by atoms with E-state index in [0.717, 1.165) is 18.2 Å². The number of carbonyl (C=O) groups is 2. The lowest BCUT2D eigenvalue weighted by molar-refractivity contribution is -0.384. The first kappa shape index (κ1) is 15.4. The predicted molar refractivity (Wildman–Crippen MR) is 71.7 cm³/mol. The van der Waals surface area contributed by atoms with Crippen LogP contribution in [-0.2, 0) is 4.79 Å². The lowest BCUT2D eigenvalue weighted by atomic mass is 10.1. The van der Waals surface area contributed by atoms with Crippen molar-refractivity contribution in [3.63, 3.8) is 0 Å². The summed E-state index contributed by atoms with van der Waals surface area (Å²) >= 11 is 0. The number of non-ortho nitro benzene ring substituents is 1. The largest absolute Gasteiger partial charge is 0.478 e. The number of nitro benzene ring substituents is 1. The molecule has 1 aromatic rings. The van der Waals surface area contributed by atoms with Crippen LogP contribution >= 0.6 is 0 Å². The summed E-state index contributed by atoms with van der Waals surface area (Å²) in [5.41, 5.74) is 4.86. The van der Waals surface area contributed by atoms with Crippen molar-refractivity contribution in [2.24, 2.45) is 5.73 Å². The fourth-order valence-corrected chi connectivity index (χ4v) is 1.77. The molecule has 0 saturated carbocycles. The van der Waals surface area contributed by atoms with Crippen molar-refractivity contribution in [2.45, 2.75) is 19.9 Å². The monoisotopic (exact) mass is 281 g/mol. The molecule has 1 rings (SSSR count). The number of benzene rings is 1. The van der Waals surface area contributed by atoms with Crippen LogP contribution in [0.4, 0.5) is 11.4 Å². The highest BCUT2D eigenvalue weighted by molar-refractivity contribution is 5.96. The number of nitro groups is 1. The fourth-order valence-electron chi connectivity index (χ4n) is 1.77. The van der Waals surface area contributed by atoms with Gasteiger partial charge in [-0.15, -0.1) is 0 Å². The molecule has 0 fully saturated rings. The standard InChI is InChI=1S/C12H15N3O5/c1-7(2)14(6-11(13)16)10-5-8(15(19)20)3-4-9(10)12(17)18/h3-5,7H,6H2,1-2H3,(H2,13,16)(H,17,18). The number of nitrogens with two attached hydrogens (primary N) is 1. The molecule has 0 aliphatic carbocycles. The van der Waals surface area contributed by atoms with Gasteiger partial charge in [0.15, 0.2) is 0 Å². The van der Waals surface area contributed by atoms with Crippen molar-refractivity contribution in [3.8, 4) is 0 Å². The maximum Gasteiger partial charge on any atom is 0.337 e. The van der Waals surface area contributed by atoms with Gasteiger partial charge in [0, 0.05) is 18.2 Å². The summed E-state index contributed by atoms with van der Waals surface area (Å²) in [4.78, 5) is 33.9. The molecule has 0 aromatic heterocycles. The molecular weight excluding hydrogens is 266 g/mol. The molecule has 0 atom stereocenters. The number of nitrogens with zero attached hydrogens (tertiary/aromatic N) is 2. The maximum atomic E-state index is 11.2. The van der Waals surface area contributed by atoms with Crippen molar-refractivity contribution in [1.82, 2.24) is 0 Å². The minimum absolute atomic E-state index is 0.0977. The lowest BCUT2D eigenvalue weighted by Crippen LogP contribution is -2.39. The molecule has 0 radical (unpaired) electrons. The molecule has 0 aliphatic rings. The van der Waals surface area contributed by atoms with Gasteiger partial charge in [0.2, 0.25) is 5.91 Å². The first-order chi connectivity index (χ1) is 9.23. The van der Waals surface area contributed by atoms with Crippen LogP contribution in [0.1, 0.15) is 24.2 Å². The second kappa shape index (κ2) is 6.00. The van der Waals surface area contributed by atoms with Gasteiger partial charge < -0.3 is 15.7 Å². The van der Waals surface area contributed by atoms with E-state index in [1.165, 1.54) is 4.90 Å². The van der Waals surface area contributed by atoms with Gasteiger partial charge in [-0.2, -0.15) is 0 Å². The number of carboxylic acids is 1. The molecule has 20 heavy (non-hydrogen) atoms. The number of anilines is 1. The molecule has 1 amide bonds. The van der Waals surface area contributed by atoms with Gasteiger partial charge >= 0.3 is 5.97 Å². The molecule has 8 heteroatoms. The Balaban J connectivity index is 3.42. The molecule has 108 valence electrons. The summed E-state index contributed by atoms with van der Waals surface area (Å²) in [6.07, 6.45) is 0. The van der Waals surface area contributed by atoms with Crippen LogP contribution in [0.25, 0.3) is 0 Å². The summed E-state index contributed by atoms with van der Waals surface area (Å²) < 4.78 is 0. The van der Waals surface area contributed by atoms with Crippen LogP contribution in [0, 0.1) is 10.1 Å². The number of aromatic carboxylic acids is 1. The number of carbonyl (C=O) groups excluding carboxylic acids is 1. The van der Waals surface area contributed by atoms with E-state index in [-0.39, 0.29) is 29.5 Å². The third-order valence-corrected chi connectivity index (χ3v) is 2.68. The highest BCUT2D eigenvalue weighted by Crippen LogP contribution is 2.27. The summed E-state index contributed by atoms with van der Waals surface area (Å²) in [6, 6.07) is 3.14. The molecule has 8 nitrogen and oxygen atoms in total. The third-order valence-electron chi connectivity index (χ3n) is 2.68. The van der Waals surface area contributed by atoms with E-state index >= 15 is 0 Å². The van der Waals surface area contributed by atoms with E-state index in [4.69, 9.17) is 10.8 Å². The van der Waals surface area contributed by atoms with E-state index in [1.807, 2.05) is 0 Å². The van der Waals surface area contributed by atoms with Crippen LogP contribution in [-0.4, -0.2) is 34.5 Å². The zero-order valence-electron chi connectivity index (χ0n) is 11.1. The molecule has 0 heterocycles. The normalized spacial score (nSPS) is 10.3. The Labute approximate surface area is 114 Å². The molecule has 0 saturated heterocycles. The number of carboxylic acid groups (broad SMARTS) is 1. The van der Waals surface area contributed by atoms with Crippen LogP contribution in [0.3, 0.4) is 0 Å². The zero-order chi connectivity index (χ0) is 15.4. The van der Waals surface area contributed by atoms with Gasteiger partial charge in [-0.25, -0.2) is 4.79 Å². The van der Waals surface area contributed by atoms with Gasteiger partial charge in [0.05, 0.1) is 22.7 Å². The number of hydrogen-bond acceptors (Lipinski definition) is 5. The highest BCUT2D eigenvalue weighted by Gasteiger charge is 2.22. The third kappa shape index (κ3) is 3.44. The second-order valence-corrected chi connectivity index (χ2v) is 4.45. The number of hydrogen-bond donors (Lipinski definition) is 2. The van der Waals surface area contributed by atoms with Gasteiger partial charge in [0.25, 0.3) is 5.69 Å². The number of amides is 1. The SMILES string of the molecule is CC(C)N(CC(N)=O)c1cc([N+](=O)[O-])ccc1C(=O)O. The summed E-state index contributed by atoms with van der Waals surface area (Å²) in [5, 5.41) is 19.9. The second-order valence-electron chi connectivity index (χ2n) is 4.45. The average molecular weight is 281 g/mol. The number of rotatable bonds is 6. The number of primary amides is 1. The van der Waals surface area contributed by atoms with E-state index in [9.17, 15) is 19.7 Å². The molecule has 0 aliphatic heterocycles. The van der Waals surface area contributed by atoms with Crippen molar-refractivity contribution in [3.05, 3.63) is 33.9 Å². The summed E-state index contributed by atoms with van der Waals surface area (Å²) in [7, 11) is 0. The highest BCUT2D eigenvalue weighted by atomic mass is 16.6. The molecule has 0 spiro atoms. The van der Waals surface area contributed by atoms with Gasteiger partial charge in [-0.05, 0) is 19.9 Å². The Morgan fingerprint density at radius 3 is 2.45 bits per heavy atom. The Bertz CT molecular complexity index is 556. The Morgan fingerprint density at radius 1 is 1.45 bits per heavy atom. The lowest BCUT2D eigenvalue weighted by Gasteiger charge is -2.28. The molecule has 0 bridgehead atoms. The van der Waals surface area contributed by atoms with Crippen molar-refractivity contribution in [2.75, 3.05) is 11.4 Å². The maximum absolute atomic E-state index is 11.2. The molecule has 3 N–H and O–H groups in total. The van der Waals surface area contributed by atoms with Crippen LogP contribution in [0.5, 0.6) is 0 Å². The average Bonchev–Trinajstić information content (AvgIpc) is 2.34. The van der Waals surface area contributed by atoms with E-state index in [2.05, 4.69) is 0 Å². The Hall–Kier alpha value is -2.64. The first-order valence-corrected chi connectivity index (χ1v) is 5.80. The van der Waals surface area contributed by atoms with Crippen LogP contribution in [0.2, 0.25) is 0 Å². The van der Waals surface area contributed by atoms with E-state index < -0.39 is 16.8 Å². The van der Waals surface area contributed by atoms with Crippen molar-refractivity contribution < 1.29 is 19.6 Å². The minimum atomic E-state index is -1.23. The van der Waals surface area contributed by atoms with Gasteiger partial charge in [-0.1, -0.05) is 0 Å². The van der Waals surface area contributed by atoms with Crippen molar-refractivity contribution in [1.29, 1.82) is 0 Å². The fraction of sp³-hybridized carbons (Fsp3) is 0.333. The van der Waals surface area contributed by atoms with Crippen molar-refractivity contribution >= 4 is 23.3 Å². The molecular formula is C12H15N3O5. The van der Waals surface area contributed by atoms with E-state index in [1.54, 1.807) is 13.8 Å². The Kier molecular flexibility index (Phi) is 4.63. The van der Waals surface area contributed by atoms with Crippen LogP contribution in [0.15, 0.2) is 18.2 Å². The summed E-state index contributed by atoms with van der Waals surface area (Å²) in [6.45, 7) is 3.24. The van der Waals surface area contributed by atoms with Crippen LogP contribution < -0.4 is 10.6 Å². The Morgan fingerprint density at radius 2 is 2.05 bits per heavy atom. The smallest absolute Gasteiger partial charge is 0.337 e. The first-order valence-electron chi connectivity index (χ1n) is 5.80. The van der Waals surface area contributed by atoms with Gasteiger partial charge in [0.1, 0.15) is 0 Å². The minimum Gasteiger partial charge on any atom is -0.478 e. The van der Waals surface area contributed by atoms with Gasteiger partial charge in [-0.3, -0.25) is 14.9 Å². The molecule has 0 unspecified atom stereocenters. The van der Waals surface area contributed by atoms with E-state index in [0.29, 0.717) is 0 Å². The zero-order valence-corrected chi connectivity index (χ0v) is 11.1. The molecule has 1 aromatic carbocycles.